The van der Waals surface area contributed by atoms with Crippen LogP contribution in [0, 0.1) is 5.41 Å². The molecule has 0 fully saturated rings. The van der Waals surface area contributed by atoms with Crippen LogP contribution in [0.4, 0.5) is 5.69 Å². The van der Waals surface area contributed by atoms with Crippen molar-refractivity contribution in [3.63, 3.8) is 0 Å². The smallest absolute Gasteiger partial charge is 0.246 e. The van der Waals surface area contributed by atoms with Crippen molar-refractivity contribution in [3.05, 3.63) is 29.3 Å². The van der Waals surface area contributed by atoms with Crippen LogP contribution in [0.1, 0.15) is 33.6 Å². The number of anilines is 1. The zero-order valence-corrected chi connectivity index (χ0v) is 11.3. The minimum absolute atomic E-state index is 0.0818. The third-order valence-electron chi connectivity index (χ3n) is 2.78. The average molecular weight is 255 g/mol. The lowest BCUT2D eigenvalue weighted by atomic mass is 9.87. The summed E-state index contributed by atoms with van der Waals surface area (Å²) < 4.78 is 0. The summed E-state index contributed by atoms with van der Waals surface area (Å²) >= 11 is 5.79. The molecule has 1 rings (SSSR count). The van der Waals surface area contributed by atoms with Gasteiger partial charge in [-0.1, -0.05) is 38.8 Å². The van der Waals surface area contributed by atoms with E-state index in [9.17, 15) is 4.79 Å². The summed E-state index contributed by atoms with van der Waals surface area (Å²) in [5.74, 6) is 5.76. The van der Waals surface area contributed by atoms with E-state index in [1.54, 1.807) is 24.3 Å². The first-order valence-electron chi connectivity index (χ1n) is 5.73. The Morgan fingerprint density at radius 1 is 1.35 bits per heavy atom. The molecule has 1 aromatic rings. The van der Waals surface area contributed by atoms with Gasteiger partial charge in [-0.15, -0.1) is 0 Å². The predicted octanol–water partition coefficient (Wildman–Crippen LogP) is 3.37. The molecule has 4 heteroatoms. The number of carbonyl (C=O) groups is 1. The first-order valence-corrected chi connectivity index (χ1v) is 6.11. The standard InChI is InChI=1S/C13H19ClN2O/c1-4-9-13(2,3)12(17)16(15)11-7-5-10(14)6-8-11/h5-8H,4,9,15H2,1-3H3. The third kappa shape index (κ3) is 3.45. The molecule has 0 aliphatic heterocycles. The molecule has 94 valence electrons. The van der Waals surface area contributed by atoms with Crippen molar-refractivity contribution in [2.45, 2.75) is 33.6 Å². The maximum atomic E-state index is 12.2. The van der Waals surface area contributed by atoms with Gasteiger partial charge in [-0.2, -0.15) is 0 Å². The molecule has 0 aromatic heterocycles. The number of benzene rings is 1. The largest absolute Gasteiger partial charge is 0.272 e. The van der Waals surface area contributed by atoms with Crippen LogP contribution in [0.25, 0.3) is 0 Å². The summed E-state index contributed by atoms with van der Waals surface area (Å²) in [6.45, 7) is 5.88. The molecule has 1 amide bonds. The third-order valence-corrected chi connectivity index (χ3v) is 3.03. The van der Waals surface area contributed by atoms with Crippen molar-refractivity contribution >= 4 is 23.2 Å². The molecule has 0 aliphatic rings. The van der Waals surface area contributed by atoms with E-state index in [1.165, 1.54) is 5.01 Å². The van der Waals surface area contributed by atoms with Crippen molar-refractivity contribution in [1.82, 2.24) is 0 Å². The van der Waals surface area contributed by atoms with Crippen molar-refractivity contribution < 1.29 is 4.79 Å². The Hall–Kier alpha value is -1.06. The van der Waals surface area contributed by atoms with Gasteiger partial charge in [0.1, 0.15) is 0 Å². The highest BCUT2D eigenvalue weighted by Gasteiger charge is 2.30. The van der Waals surface area contributed by atoms with Crippen molar-refractivity contribution in [2.75, 3.05) is 5.01 Å². The van der Waals surface area contributed by atoms with Gasteiger partial charge in [0.25, 0.3) is 0 Å². The van der Waals surface area contributed by atoms with Gasteiger partial charge in [0, 0.05) is 10.4 Å². The van der Waals surface area contributed by atoms with Gasteiger partial charge in [0.15, 0.2) is 0 Å². The molecule has 0 saturated heterocycles. The summed E-state index contributed by atoms with van der Waals surface area (Å²) in [6.07, 6.45) is 1.76. The highest BCUT2D eigenvalue weighted by molar-refractivity contribution is 6.30. The fourth-order valence-corrected chi connectivity index (χ4v) is 1.90. The molecule has 0 bridgehead atoms. The highest BCUT2D eigenvalue weighted by Crippen LogP contribution is 2.27. The van der Waals surface area contributed by atoms with Gasteiger partial charge < -0.3 is 0 Å². The number of rotatable bonds is 4. The Balaban J connectivity index is 2.86. The Morgan fingerprint density at radius 2 is 1.88 bits per heavy atom. The van der Waals surface area contributed by atoms with Crippen LogP contribution in [0.15, 0.2) is 24.3 Å². The van der Waals surface area contributed by atoms with Gasteiger partial charge in [0.2, 0.25) is 5.91 Å². The van der Waals surface area contributed by atoms with Crippen LogP contribution in [-0.4, -0.2) is 5.91 Å². The summed E-state index contributed by atoms with van der Waals surface area (Å²) in [5, 5.41) is 1.83. The Morgan fingerprint density at radius 3 is 2.35 bits per heavy atom. The van der Waals surface area contributed by atoms with Gasteiger partial charge in [-0.05, 0) is 30.7 Å². The zero-order valence-electron chi connectivity index (χ0n) is 10.5. The second kappa shape index (κ2) is 5.52. The molecule has 17 heavy (non-hydrogen) atoms. The van der Waals surface area contributed by atoms with Crippen LogP contribution < -0.4 is 10.9 Å². The van der Waals surface area contributed by atoms with Gasteiger partial charge >= 0.3 is 0 Å². The second-order valence-electron chi connectivity index (χ2n) is 4.79. The lowest BCUT2D eigenvalue weighted by molar-refractivity contribution is -0.127. The topological polar surface area (TPSA) is 46.3 Å². The molecule has 1 aromatic carbocycles. The molecule has 0 atom stereocenters. The normalized spacial score (nSPS) is 11.4. The number of hydrazine groups is 1. The van der Waals surface area contributed by atoms with E-state index in [0.29, 0.717) is 10.7 Å². The number of halogens is 1. The molecule has 0 heterocycles. The first-order chi connectivity index (χ1) is 7.88. The lowest BCUT2D eigenvalue weighted by Crippen LogP contribution is -2.45. The monoisotopic (exact) mass is 254 g/mol. The Kier molecular flexibility index (Phi) is 4.54. The van der Waals surface area contributed by atoms with E-state index in [0.717, 1.165) is 12.8 Å². The number of hydrogen-bond acceptors (Lipinski definition) is 2. The maximum Gasteiger partial charge on any atom is 0.246 e. The van der Waals surface area contributed by atoms with Crippen LogP contribution in [0.3, 0.4) is 0 Å². The van der Waals surface area contributed by atoms with E-state index in [4.69, 9.17) is 17.4 Å². The van der Waals surface area contributed by atoms with Crippen molar-refractivity contribution in [2.24, 2.45) is 11.3 Å². The Bertz CT molecular complexity index is 387. The van der Waals surface area contributed by atoms with Crippen molar-refractivity contribution in [3.8, 4) is 0 Å². The van der Waals surface area contributed by atoms with E-state index in [1.807, 2.05) is 13.8 Å². The fourth-order valence-electron chi connectivity index (χ4n) is 1.78. The number of nitrogens with zero attached hydrogens (tertiary/aromatic N) is 1. The second-order valence-corrected chi connectivity index (χ2v) is 5.22. The molecule has 2 N–H and O–H groups in total. The summed E-state index contributed by atoms with van der Waals surface area (Å²) in [4.78, 5) is 12.2. The summed E-state index contributed by atoms with van der Waals surface area (Å²) in [6, 6.07) is 6.91. The Labute approximate surface area is 108 Å². The van der Waals surface area contributed by atoms with Crippen molar-refractivity contribution in [1.29, 1.82) is 0 Å². The molecular weight excluding hydrogens is 236 g/mol. The van der Waals surface area contributed by atoms with E-state index >= 15 is 0 Å². The van der Waals surface area contributed by atoms with Gasteiger partial charge in [-0.3, -0.25) is 4.79 Å². The number of amides is 1. The molecular formula is C13H19ClN2O. The highest BCUT2D eigenvalue weighted by atomic mass is 35.5. The van der Waals surface area contributed by atoms with E-state index < -0.39 is 5.41 Å². The maximum absolute atomic E-state index is 12.2. The number of carbonyl (C=O) groups excluding carboxylic acids is 1. The average Bonchev–Trinajstić information content (AvgIpc) is 2.28. The van der Waals surface area contributed by atoms with Crippen LogP contribution in [-0.2, 0) is 4.79 Å². The molecule has 0 spiro atoms. The predicted molar refractivity (Wildman–Crippen MR) is 71.8 cm³/mol. The van der Waals surface area contributed by atoms with E-state index in [2.05, 4.69) is 6.92 Å². The number of nitrogens with two attached hydrogens (primary N) is 1. The van der Waals surface area contributed by atoms with E-state index in [-0.39, 0.29) is 5.91 Å². The summed E-state index contributed by atoms with van der Waals surface area (Å²) in [5.41, 5.74) is 0.215. The van der Waals surface area contributed by atoms with Crippen LogP contribution >= 0.6 is 11.6 Å². The molecule has 3 nitrogen and oxygen atoms in total. The SMILES string of the molecule is CCCC(C)(C)C(=O)N(N)c1ccc(Cl)cc1. The quantitative estimate of drug-likeness (QED) is 0.509. The van der Waals surface area contributed by atoms with Crippen LogP contribution in [0.2, 0.25) is 5.02 Å². The summed E-state index contributed by atoms with van der Waals surface area (Å²) in [7, 11) is 0. The number of hydrogen-bond donors (Lipinski definition) is 1. The molecule has 0 radical (unpaired) electrons. The van der Waals surface area contributed by atoms with Gasteiger partial charge in [-0.25, -0.2) is 10.9 Å². The minimum atomic E-state index is -0.441. The lowest BCUT2D eigenvalue weighted by Gasteiger charge is -2.28. The molecule has 0 aliphatic carbocycles. The van der Waals surface area contributed by atoms with Gasteiger partial charge in [0.05, 0.1) is 5.69 Å². The first kappa shape index (κ1) is 14.0. The molecule has 0 saturated carbocycles. The fraction of sp³-hybridized carbons (Fsp3) is 0.462. The molecule has 0 unspecified atom stereocenters. The zero-order chi connectivity index (χ0) is 13.1. The minimum Gasteiger partial charge on any atom is -0.272 e. The van der Waals surface area contributed by atoms with Crippen LogP contribution in [0.5, 0.6) is 0 Å².